The van der Waals surface area contributed by atoms with Crippen LogP contribution in [0.5, 0.6) is 11.5 Å². The van der Waals surface area contributed by atoms with Crippen molar-refractivity contribution in [3.05, 3.63) is 71.8 Å². The van der Waals surface area contributed by atoms with Crippen LogP contribution in [0.25, 0.3) is 0 Å². The van der Waals surface area contributed by atoms with Crippen molar-refractivity contribution in [1.29, 1.82) is 0 Å². The average Bonchev–Trinajstić information content (AvgIpc) is 3.60. The fourth-order valence-electron chi connectivity index (χ4n) is 7.48. The second-order valence-electron chi connectivity index (χ2n) is 12.4. The third kappa shape index (κ3) is 5.28. The summed E-state index contributed by atoms with van der Waals surface area (Å²) >= 11 is 0. The van der Waals surface area contributed by atoms with Gasteiger partial charge in [-0.2, -0.15) is 0 Å². The number of likely N-dealkylation sites (tertiary alicyclic amines) is 1. The molecule has 5 unspecified atom stereocenters. The number of fused-ring (bicyclic) bond motifs is 1. The van der Waals surface area contributed by atoms with E-state index in [0.717, 1.165) is 48.3 Å². The lowest BCUT2D eigenvalue weighted by molar-refractivity contribution is -0.145. The van der Waals surface area contributed by atoms with E-state index in [9.17, 15) is 14.4 Å². The molecule has 3 fully saturated rings. The van der Waals surface area contributed by atoms with E-state index in [1.807, 2.05) is 67.6 Å². The molecule has 1 aliphatic carbocycles. The summed E-state index contributed by atoms with van der Waals surface area (Å²) in [7, 11) is 3.23. The fraction of sp³-hybridized carbons (Fsp3) is 0.500. The second-order valence-corrected chi connectivity index (χ2v) is 12.4. The number of hydrogen-bond donors (Lipinski definition) is 2. The van der Waals surface area contributed by atoms with Gasteiger partial charge in [-0.05, 0) is 61.6 Å². The van der Waals surface area contributed by atoms with E-state index < -0.39 is 29.1 Å². The number of ether oxygens (including phenoxy) is 3. The van der Waals surface area contributed by atoms with E-state index in [1.165, 1.54) is 6.42 Å². The Labute approximate surface area is 252 Å². The Hall–Kier alpha value is -3.85. The van der Waals surface area contributed by atoms with Crippen molar-refractivity contribution in [1.82, 2.24) is 15.5 Å². The van der Waals surface area contributed by atoms with Crippen LogP contribution in [0, 0.1) is 11.8 Å². The zero-order valence-corrected chi connectivity index (χ0v) is 25.1. The number of nitrogens with zero attached hydrogens (tertiary/aromatic N) is 1. The van der Waals surface area contributed by atoms with E-state index >= 15 is 0 Å². The molecule has 2 saturated heterocycles. The van der Waals surface area contributed by atoms with Crippen LogP contribution in [0.1, 0.15) is 50.2 Å². The van der Waals surface area contributed by atoms with Crippen molar-refractivity contribution in [2.24, 2.45) is 11.8 Å². The van der Waals surface area contributed by atoms with Gasteiger partial charge in [0.15, 0.2) is 0 Å². The molecule has 3 heterocycles. The number of methoxy groups -OCH3 is 2. The van der Waals surface area contributed by atoms with Crippen molar-refractivity contribution < 1.29 is 28.6 Å². The lowest BCUT2D eigenvalue weighted by Crippen LogP contribution is -2.57. The molecule has 9 heteroatoms. The van der Waals surface area contributed by atoms with Gasteiger partial charge in [-0.25, -0.2) is 0 Å². The Morgan fingerprint density at radius 3 is 2.16 bits per heavy atom. The van der Waals surface area contributed by atoms with Gasteiger partial charge in [-0.1, -0.05) is 55.7 Å². The number of benzene rings is 2. The van der Waals surface area contributed by atoms with Crippen molar-refractivity contribution in [3.63, 3.8) is 0 Å². The topological polar surface area (TPSA) is 106 Å². The maximum absolute atomic E-state index is 14.3. The number of amides is 3. The molecule has 3 aliphatic heterocycles. The third-order valence-electron chi connectivity index (χ3n) is 9.71. The lowest BCUT2D eigenvalue weighted by Gasteiger charge is -2.34. The molecule has 228 valence electrons. The Morgan fingerprint density at radius 1 is 0.907 bits per heavy atom. The maximum atomic E-state index is 14.3. The standard InChI is InChI=1S/C34H41N3O6/c1-33-18-19-34(43-33)28(27(33)30(38)35-21-23-11-15-26(42-3)16-12-23)32(40)37(20-17-22-9-13-25(41-2)14-10-22)29(34)31(39)36-24-7-5-4-6-8-24/h9-16,18-19,24,27-29H,4-8,17,20-21H2,1-3H3,(H,35,38)(H,36,39). The van der Waals surface area contributed by atoms with E-state index in [4.69, 9.17) is 14.2 Å². The summed E-state index contributed by atoms with van der Waals surface area (Å²) in [5.74, 6) is -0.742. The summed E-state index contributed by atoms with van der Waals surface area (Å²) < 4.78 is 17.2. The Bertz CT molecular complexity index is 1390. The van der Waals surface area contributed by atoms with Crippen molar-refractivity contribution in [2.75, 3.05) is 20.8 Å². The first kappa shape index (κ1) is 29.2. The van der Waals surface area contributed by atoms with E-state index in [2.05, 4.69) is 10.6 Å². The molecule has 2 aromatic carbocycles. The van der Waals surface area contributed by atoms with Crippen LogP contribution < -0.4 is 20.1 Å². The van der Waals surface area contributed by atoms with Gasteiger partial charge in [0.2, 0.25) is 17.7 Å². The summed E-state index contributed by atoms with van der Waals surface area (Å²) in [5.41, 5.74) is -0.254. The minimum atomic E-state index is -1.20. The highest BCUT2D eigenvalue weighted by Crippen LogP contribution is 2.59. The first-order valence-electron chi connectivity index (χ1n) is 15.3. The van der Waals surface area contributed by atoms with Gasteiger partial charge in [-0.3, -0.25) is 14.4 Å². The smallest absolute Gasteiger partial charge is 0.246 e. The molecule has 6 rings (SSSR count). The van der Waals surface area contributed by atoms with Gasteiger partial charge in [0, 0.05) is 19.1 Å². The molecule has 1 spiro atoms. The van der Waals surface area contributed by atoms with Gasteiger partial charge in [0.05, 0.1) is 31.7 Å². The predicted molar refractivity (Wildman–Crippen MR) is 160 cm³/mol. The molecular formula is C34H41N3O6. The van der Waals surface area contributed by atoms with Crippen LogP contribution >= 0.6 is 0 Å². The first-order chi connectivity index (χ1) is 20.8. The highest BCUT2D eigenvalue weighted by molar-refractivity contribution is 6.00. The number of hydrogen-bond acceptors (Lipinski definition) is 6. The minimum Gasteiger partial charge on any atom is -0.497 e. The Morgan fingerprint density at radius 2 is 1.53 bits per heavy atom. The van der Waals surface area contributed by atoms with Gasteiger partial charge < -0.3 is 29.7 Å². The molecule has 4 aliphatic rings. The van der Waals surface area contributed by atoms with E-state index in [0.29, 0.717) is 19.5 Å². The van der Waals surface area contributed by atoms with Crippen molar-refractivity contribution in [3.8, 4) is 11.5 Å². The van der Waals surface area contributed by atoms with E-state index in [1.54, 1.807) is 19.1 Å². The fourth-order valence-corrected chi connectivity index (χ4v) is 7.48. The van der Waals surface area contributed by atoms with Gasteiger partial charge in [0.1, 0.15) is 23.1 Å². The van der Waals surface area contributed by atoms with Crippen molar-refractivity contribution in [2.45, 2.75) is 75.3 Å². The minimum absolute atomic E-state index is 0.0806. The van der Waals surface area contributed by atoms with Crippen LogP contribution in [0.2, 0.25) is 0 Å². The largest absolute Gasteiger partial charge is 0.497 e. The Balaban J connectivity index is 1.26. The van der Waals surface area contributed by atoms with Crippen LogP contribution in [0.15, 0.2) is 60.7 Å². The predicted octanol–water partition coefficient (Wildman–Crippen LogP) is 3.55. The number of nitrogens with one attached hydrogen (secondary N) is 2. The van der Waals surface area contributed by atoms with Crippen LogP contribution in [0.3, 0.4) is 0 Å². The van der Waals surface area contributed by atoms with Crippen LogP contribution in [-0.2, 0) is 32.1 Å². The summed E-state index contributed by atoms with van der Waals surface area (Å²) in [6.07, 6.45) is 9.50. The molecule has 0 aromatic heterocycles. The first-order valence-corrected chi connectivity index (χ1v) is 15.3. The summed E-state index contributed by atoms with van der Waals surface area (Å²) in [5, 5.41) is 6.29. The quantitative estimate of drug-likeness (QED) is 0.412. The zero-order valence-electron chi connectivity index (χ0n) is 25.1. The number of carbonyl (C=O) groups is 3. The average molecular weight is 588 g/mol. The highest BCUT2D eigenvalue weighted by atomic mass is 16.5. The molecular weight excluding hydrogens is 546 g/mol. The van der Waals surface area contributed by atoms with Crippen molar-refractivity contribution >= 4 is 17.7 Å². The summed E-state index contributed by atoms with van der Waals surface area (Å²) in [6, 6.07) is 14.4. The second kappa shape index (κ2) is 11.7. The van der Waals surface area contributed by atoms with Crippen LogP contribution in [-0.4, -0.2) is 66.7 Å². The SMILES string of the molecule is COc1ccc(CCN2C(=O)C3C(C(=O)NCc4ccc(OC)cc4)C4(C)C=CC3(O4)C2C(=O)NC2CCCCC2)cc1. The molecule has 2 N–H and O–H groups in total. The normalized spacial score (nSPS) is 29.4. The molecule has 2 aromatic rings. The summed E-state index contributed by atoms with van der Waals surface area (Å²) in [4.78, 5) is 43.9. The third-order valence-corrected chi connectivity index (χ3v) is 9.71. The molecule has 0 radical (unpaired) electrons. The Kier molecular flexibility index (Phi) is 7.94. The van der Waals surface area contributed by atoms with Gasteiger partial charge >= 0.3 is 0 Å². The number of rotatable bonds is 10. The molecule has 9 nitrogen and oxygen atoms in total. The lowest BCUT2D eigenvalue weighted by atomic mass is 9.70. The zero-order chi connectivity index (χ0) is 30.2. The monoisotopic (exact) mass is 587 g/mol. The molecule has 5 atom stereocenters. The summed E-state index contributed by atoms with van der Waals surface area (Å²) in [6.45, 7) is 2.49. The number of carbonyl (C=O) groups excluding carboxylic acids is 3. The molecule has 1 saturated carbocycles. The van der Waals surface area contributed by atoms with Gasteiger partial charge in [-0.15, -0.1) is 0 Å². The highest BCUT2D eigenvalue weighted by Gasteiger charge is 2.76. The molecule has 2 bridgehead atoms. The van der Waals surface area contributed by atoms with Gasteiger partial charge in [0.25, 0.3) is 0 Å². The molecule has 43 heavy (non-hydrogen) atoms. The van der Waals surface area contributed by atoms with Crippen LogP contribution in [0.4, 0.5) is 0 Å². The van der Waals surface area contributed by atoms with E-state index in [-0.39, 0.29) is 23.8 Å². The maximum Gasteiger partial charge on any atom is 0.246 e. The molecule has 3 amide bonds.